The topological polar surface area (TPSA) is 83.3 Å². The third kappa shape index (κ3) is 3.91. The van der Waals surface area contributed by atoms with E-state index in [2.05, 4.69) is 27.6 Å². The lowest BCUT2D eigenvalue weighted by Crippen LogP contribution is -2.44. The number of pyridine rings is 1. The molecule has 1 fully saturated rings. The number of amides is 1. The summed E-state index contributed by atoms with van der Waals surface area (Å²) in [5.41, 5.74) is 3.01. The largest absolute Gasteiger partial charge is 0.350 e. The van der Waals surface area contributed by atoms with Gasteiger partial charge in [0, 0.05) is 24.3 Å². The SMILES string of the molecule is CC(CNC(=O)c1ccnc(NN)c1)N1CCCCC1. The Balaban J connectivity index is 1.84. The predicted molar refractivity (Wildman–Crippen MR) is 79.3 cm³/mol. The summed E-state index contributed by atoms with van der Waals surface area (Å²) in [5.74, 6) is 5.69. The molecule has 6 heteroatoms. The Bertz CT molecular complexity index is 445. The van der Waals surface area contributed by atoms with E-state index in [-0.39, 0.29) is 5.91 Å². The van der Waals surface area contributed by atoms with Crippen LogP contribution in [0.5, 0.6) is 0 Å². The van der Waals surface area contributed by atoms with E-state index in [4.69, 9.17) is 5.84 Å². The number of anilines is 1. The van der Waals surface area contributed by atoms with Crippen LogP contribution in [0, 0.1) is 0 Å². The number of rotatable bonds is 5. The lowest BCUT2D eigenvalue weighted by Gasteiger charge is -2.32. The van der Waals surface area contributed by atoms with E-state index in [0.717, 1.165) is 13.1 Å². The summed E-state index contributed by atoms with van der Waals surface area (Å²) in [5, 5.41) is 2.97. The number of carbonyl (C=O) groups excluding carboxylic acids is 1. The molecule has 2 rings (SSSR count). The molecule has 0 aromatic carbocycles. The van der Waals surface area contributed by atoms with Crippen LogP contribution < -0.4 is 16.6 Å². The molecule has 0 spiro atoms. The Morgan fingerprint density at radius 3 is 2.90 bits per heavy atom. The number of hydrazine groups is 1. The molecule has 1 saturated heterocycles. The molecule has 0 aliphatic carbocycles. The zero-order chi connectivity index (χ0) is 14.4. The average Bonchev–Trinajstić information content (AvgIpc) is 2.53. The average molecular weight is 277 g/mol. The number of nitrogens with one attached hydrogen (secondary N) is 2. The van der Waals surface area contributed by atoms with Crippen LogP contribution in [-0.4, -0.2) is 41.5 Å². The first-order valence-electron chi connectivity index (χ1n) is 7.15. The van der Waals surface area contributed by atoms with Gasteiger partial charge >= 0.3 is 0 Å². The molecule has 20 heavy (non-hydrogen) atoms. The van der Waals surface area contributed by atoms with Gasteiger partial charge in [0.2, 0.25) is 0 Å². The van der Waals surface area contributed by atoms with Gasteiger partial charge in [-0.25, -0.2) is 10.8 Å². The smallest absolute Gasteiger partial charge is 0.251 e. The number of nitrogens with zero attached hydrogens (tertiary/aromatic N) is 2. The maximum Gasteiger partial charge on any atom is 0.251 e. The van der Waals surface area contributed by atoms with E-state index < -0.39 is 0 Å². The first-order valence-corrected chi connectivity index (χ1v) is 7.15. The number of nitrogen functional groups attached to an aromatic ring is 1. The third-order valence-corrected chi connectivity index (χ3v) is 3.74. The lowest BCUT2D eigenvalue weighted by atomic mass is 10.1. The summed E-state index contributed by atoms with van der Waals surface area (Å²) in [7, 11) is 0. The molecular weight excluding hydrogens is 254 g/mol. The number of nitrogens with two attached hydrogens (primary N) is 1. The summed E-state index contributed by atoms with van der Waals surface area (Å²) in [6.45, 7) is 5.08. The van der Waals surface area contributed by atoms with Crippen LogP contribution >= 0.6 is 0 Å². The highest BCUT2D eigenvalue weighted by molar-refractivity contribution is 5.94. The van der Waals surface area contributed by atoms with Gasteiger partial charge in [0.05, 0.1) is 0 Å². The molecule has 1 amide bonds. The van der Waals surface area contributed by atoms with Gasteiger partial charge in [-0.3, -0.25) is 9.69 Å². The second kappa shape index (κ2) is 7.21. The van der Waals surface area contributed by atoms with Crippen molar-refractivity contribution < 1.29 is 4.79 Å². The van der Waals surface area contributed by atoms with Gasteiger partial charge in [0.1, 0.15) is 5.82 Å². The van der Waals surface area contributed by atoms with Gasteiger partial charge in [-0.1, -0.05) is 6.42 Å². The highest BCUT2D eigenvalue weighted by Crippen LogP contribution is 2.11. The fourth-order valence-electron chi connectivity index (χ4n) is 2.48. The fourth-order valence-corrected chi connectivity index (χ4v) is 2.48. The number of aromatic nitrogens is 1. The third-order valence-electron chi connectivity index (χ3n) is 3.74. The predicted octanol–water partition coefficient (Wildman–Crippen LogP) is 0.971. The fraction of sp³-hybridized carbons (Fsp3) is 0.571. The second-order valence-electron chi connectivity index (χ2n) is 5.23. The number of piperidine rings is 1. The van der Waals surface area contributed by atoms with Gasteiger partial charge in [-0.2, -0.15) is 0 Å². The Hall–Kier alpha value is -1.66. The molecule has 2 heterocycles. The zero-order valence-corrected chi connectivity index (χ0v) is 11.9. The summed E-state index contributed by atoms with van der Waals surface area (Å²) < 4.78 is 0. The van der Waals surface area contributed by atoms with Crippen molar-refractivity contribution in [1.82, 2.24) is 15.2 Å². The molecule has 0 radical (unpaired) electrons. The lowest BCUT2D eigenvalue weighted by molar-refractivity contribution is 0.0930. The summed E-state index contributed by atoms with van der Waals surface area (Å²) in [6, 6.07) is 3.69. The quantitative estimate of drug-likeness (QED) is 0.552. The molecule has 1 atom stereocenters. The van der Waals surface area contributed by atoms with Gasteiger partial charge < -0.3 is 10.7 Å². The number of hydrogen-bond acceptors (Lipinski definition) is 5. The minimum absolute atomic E-state index is 0.0900. The molecule has 1 aromatic heterocycles. The van der Waals surface area contributed by atoms with Crippen molar-refractivity contribution in [2.45, 2.75) is 32.2 Å². The highest BCUT2D eigenvalue weighted by atomic mass is 16.1. The van der Waals surface area contributed by atoms with Crippen LogP contribution in [0.25, 0.3) is 0 Å². The number of carbonyl (C=O) groups is 1. The zero-order valence-electron chi connectivity index (χ0n) is 11.9. The van der Waals surface area contributed by atoms with Crippen LogP contribution in [0.4, 0.5) is 5.82 Å². The van der Waals surface area contributed by atoms with Crippen molar-refractivity contribution >= 4 is 11.7 Å². The molecule has 1 aliphatic heterocycles. The normalized spacial score (nSPS) is 17.5. The summed E-state index contributed by atoms with van der Waals surface area (Å²) >= 11 is 0. The van der Waals surface area contributed by atoms with Gasteiger partial charge in [-0.05, 0) is 45.0 Å². The minimum atomic E-state index is -0.0900. The van der Waals surface area contributed by atoms with Gasteiger partial charge in [0.15, 0.2) is 0 Å². The van der Waals surface area contributed by atoms with Crippen LogP contribution in [0.2, 0.25) is 0 Å². The van der Waals surface area contributed by atoms with Gasteiger partial charge in [-0.15, -0.1) is 0 Å². The molecule has 110 valence electrons. The molecular formula is C14H23N5O. The van der Waals surface area contributed by atoms with E-state index in [1.54, 1.807) is 18.3 Å². The maximum absolute atomic E-state index is 12.1. The van der Waals surface area contributed by atoms with Crippen LogP contribution in [0.15, 0.2) is 18.3 Å². The first-order chi connectivity index (χ1) is 9.70. The van der Waals surface area contributed by atoms with E-state index in [9.17, 15) is 4.79 Å². The molecule has 1 aromatic rings. The molecule has 0 saturated carbocycles. The molecule has 6 nitrogen and oxygen atoms in total. The molecule has 4 N–H and O–H groups in total. The molecule has 0 bridgehead atoms. The monoisotopic (exact) mass is 277 g/mol. The minimum Gasteiger partial charge on any atom is -0.350 e. The van der Waals surface area contributed by atoms with E-state index in [1.807, 2.05) is 0 Å². The number of hydrogen-bond donors (Lipinski definition) is 3. The van der Waals surface area contributed by atoms with Crippen molar-refractivity contribution in [1.29, 1.82) is 0 Å². The van der Waals surface area contributed by atoms with Crippen molar-refractivity contribution in [3.05, 3.63) is 23.9 Å². The number of likely N-dealkylation sites (tertiary alicyclic amines) is 1. The Morgan fingerprint density at radius 1 is 1.45 bits per heavy atom. The molecule has 1 aliphatic rings. The Morgan fingerprint density at radius 2 is 2.20 bits per heavy atom. The summed E-state index contributed by atoms with van der Waals surface area (Å²) in [4.78, 5) is 18.5. The van der Waals surface area contributed by atoms with E-state index in [0.29, 0.717) is 24.0 Å². The van der Waals surface area contributed by atoms with Crippen molar-refractivity contribution in [3.63, 3.8) is 0 Å². The van der Waals surface area contributed by atoms with Crippen LogP contribution in [-0.2, 0) is 0 Å². The van der Waals surface area contributed by atoms with E-state index >= 15 is 0 Å². The highest BCUT2D eigenvalue weighted by Gasteiger charge is 2.17. The maximum atomic E-state index is 12.1. The van der Waals surface area contributed by atoms with Crippen molar-refractivity contribution in [3.8, 4) is 0 Å². The van der Waals surface area contributed by atoms with Gasteiger partial charge in [0.25, 0.3) is 5.91 Å². The van der Waals surface area contributed by atoms with E-state index in [1.165, 1.54) is 19.3 Å². The van der Waals surface area contributed by atoms with Crippen LogP contribution in [0.3, 0.4) is 0 Å². The Labute approximate surface area is 119 Å². The standard InChI is InChI=1S/C14H23N5O/c1-11(19-7-3-2-4-8-19)10-17-14(20)12-5-6-16-13(9-12)18-15/h5-6,9,11H,2-4,7-8,10,15H2,1H3,(H,16,18)(H,17,20). The summed E-state index contributed by atoms with van der Waals surface area (Å²) in [6.07, 6.45) is 5.40. The second-order valence-corrected chi connectivity index (χ2v) is 5.23. The van der Waals surface area contributed by atoms with Crippen LogP contribution in [0.1, 0.15) is 36.5 Å². The first kappa shape index (κ1) is 14.7. The van der Waals surface area contributed by atoms with Crippen molar-refractivity contribution in [2.24, 2.45) is 5.84 Å². The molecule has 1 unspecified atom stereocenters. The van der Waals surface area contributed by atoms with Crippen molar-refractivity contribution in [2.75, 3.05) is 25.1 Å². The Kier molecular flexibility index (Phi) is 5.31.